The summed E-state index contributed by atoms with van der Waals surface area (Å²) in [5.74, 6) is 0.315. The van der Waals surface area contributed by atoms with Gasteiger partial charge in [-0.25, -0.2) is 0 Å². The van der Waals surface area contributed by atoms with E-state index in [4.69, 9.17) is 28.5 Å². The summed E-state index contributed by atoms with van der Waals surface area (Å²) in [6.45, 7) is 1.73. The number of hydrogen-bond acceptors (Lipinski definition) is 7. The Labute approximate surface area is 182 Å². The number of anilines is 3. The summed E-state index contributed by atoms with van der Waals surface area (Å²) in [5, 5.41) is 24.3. The molecule has 152 valence electrons. The molecule has 3 aromatic rings. The summed E-state index contributed by atoms with van der Waals surface area (Å²) in [4.78, 5) is 25.2. The maximum absolute atomic E-state index is 11.5. The van der Waals surface area contributed by atoms with Crippen LogP contribution in [0.25, 0.3) is 0 Å². The fourth-order valence-electron chi connectivity index (χ4n) is 2.63. The standard InChI is InChI=1S/C20H16Cl2N6O2/c1-2-28(20(29)30)19-26-17(10-14-15(21)4-3-5-16(14)22)25-18(27-19)24-13-8-6-12(11-23)7-9-13/h3-9H,2,10H2,1H3,(H,29,30)(H,24,25,26,27)/p-1. The Morgan fingerprint density at radius 1 is 1.13 bits per heavy atom. The van der Waals surface area contributed by atoms with Crippen molar-refractivity contribution in [3.63, 3.8) is 0 Å². The van der Waals surface area contributed by atoms with E-state index in [1.165, 1.54) is 0 Å². The van der Waals surface area contributed by atoms with Crippen LogP contribution in [-0.2, 0) is 6.42 Å². The number of benzene rings is 2. The highest BCUT2D eigenvalue weighted by molar-refractivity contribution is 6.36. The Hall–Kier alpha value is -3.41. The van der Waals surface area contributed by atoms with E-state index in [1.54, 1.807) is 49.4 Å². The monoisotopic (exact) mass is 441 g/mol. The van der Waals surface area contributed by atoms with Gasteiger partial charge in [-0.3, -0.25) is 4.90 Å². The quantitative estimate of drug-likeness (QED) is 0.620. The smallest absolute Gasteiger partial charge is 0.235 e. The van der Waals surface area contributed by atoms with Crippen LogP contribution in [0.5, 0.6) is 0 Å². The maximum Gasteiger partial charge on any atom is 0.235 e. The van der Waals surface area contributed by atoms with E-state index in [-0.39, 0.29) is 30.7 Å². The molecule has 0 unspecified atom stereocenters. The van der Waals surface area contributed by atoms with Crippen LogP contribution < -0.4 is 15.3 Å². The van der Waals surface area contributed by atoms with Gasteiger partial charge in [-0.2, -0.15) is 20.2 Å². The lowest BCUT2D eigenvalue weighted by Gasteiger charge is -2.22. The minimum absolute atomic E-state index is 0.0816. The molecule has 0 fully saturated rings. The summed E-state index contributed by atoms with van der Waals surface area (Å²) < 4.78 is 0. The number of amides is 1. The first-order valence-electron chi connectivity index (χ1n) is 8.84. The molecule has 0 spiro atoms. The average molecular weight is 442 g/mol. The van der Waals surface area contributed by atoms with Crippen molar-refractivity contribution in [2.45, 2.75) is 13.3 Å². The van der Waals surface area contributed by atoms with Crippen molar-refractivity contribution in [3.05, 3.63) is 69.5 Å². The molecular formula is C20H15Cl2N6O2-. The van der Waals surface area contributed by atoms with Gasteiger partial charge in [0.2, 0.25) is 11.9 Å². The van der Waals surface area contributed by atoms with Crippen LogP contribution in [0.4, 0.5) is 22.4 Å². The molecule has 3 rings (SSSR count). The fourth-order valence-corrected chi connectivity index (χ4v) is 3.16. The predicted molar refractivity (Wildman–Crippen MR) is 112 cm³/mol. The molecule has 8 nitrogen and oxygen atoms in total. The Bertz CT molecular complexity index is 1100. The Kier molecular flexibility index (Phi) is 6.67. The first kappa shape index (κ1) is 21.3. The molecule has 0 bridgehead atoms. The van der Waals surface area contributed by atoms with Crippen molar-refractivity contribution in [3.8, 4) is 6.07 Å². The van der Waals surface area contributed by atoms with Crippen LogP contribution in [0.3, 0.4) is 0 Å². The number of nitriles is 1. The molecule has 2 aromatic carbocycles. The molecular weight excluding hydrogens is 427 g/mol. The van der Waals surface area contributed by atoms with E-state index in [2.05, 4.69) is 20.3 Å². The van der Waals surface area contributed by atoms with Crippen molar-refractivity contribution >= 4 is 46.9 Å². The summed E-state index contributed by atoms with van der Waals surface area (Å²) in [5.41, 5.74) is 1.73. The SMILES string of the molecule is CCN(C(=O)[O-])c1nc(Cc2c(Cl)cccc2Cl)nc(Nc2ccc(C#N)cc2)n1. The largest absolute Gasteiger partial charge is 0.530 e. The van der Waals surface area contributed by atoms with Crippen molar-refractivity contribution < 1.29 is 9.90 Å². The van der Waals surface area contributed by atoms with Gasteiger partial charge in [0.05, 0.1) is 11.6 Å². The molecule has 10 heteroatoms. The highest BCUT2D eigenvalue weighted by Gasteiger charge is 2.16. The Morgan fingerprint density at radius 3 is 2.37 bits per heavy atom. The Morgan fingerprint density at radius 2 is 1.80 bits per heavy atom. The number of carbonyl (C=O) groups is 1. The molecule has 0 saturated heterocycles. The first-order valence-corrected chi connectivity index (χ1v) is 9.60. The van der Waals surface area contributed by atoms with E-state index in [9.17, 15) is 9.90 Å². The molecule has 0 radical (unpaired) electrons. The number of rotatable bonds is 6. The molecule has 0 aliphatic heterocycles. The Balaban J connectivity index is 2.01. The molecule has 1 aromatic heterocycles. The number of aromatic nitrogens is 3. The van der Waals surface area contributed by atoms with Gasteiger partial charge in [0, 0.05) is 28.7 Å². The van der Waals surface area contributed by atoms with Gasteiger partial charge in [-0.1, -0.05) is 29.3 Å². The zero-order chi connectivity index (χ0) is 21.7. The number of carbonyl (C=O) groups excluding carboxylic acids is 1. The van der Waals surface area contributed by atoms with Crippen LogP contribution in [0.1, 0.15) is 23.9 Å². The van der Waals surface area contributed by atoms with Gasteiger partial charge in [-0.15, -0.1) is 0 Å². The summed E-state index contributed by atoms with van der Waals surface area (Å²) in [6, 6.07) is 13.8. The number of nitrogens with zero attached hydrogens (tertiary/aromatic N) is 5. The van der Waals surface area contributed by atoms with E-state index >= 15 is 0 Å². The third-order valence-corrected chi connectivity index (χ3v) is 4.82. The van der Waals surface area contributed by atoms with Gasteiger partial charge in [-0.05, 0) is 48.9 Å². The molecule has 1 heterocycles. The lowest BCUT2D eigenvalue weighted by molar-refractivity contribution is -0.246. The molecule has 0 aliphatic carbocycles. The van der Waals surface area contributed by atoms with Crippen LogP contribution in [-0.4, -0.2) is 27.6 Å². The molecule has 30 heavy (non-hydrogen) atoms. The lowest BCUT2D eigenvalue weighted by Crippen LogP contribution is -2.42. The topological polar surface area (TPSA) is 118 Å². The molecule has 0 aliphatic rings. The van der Waals surface area contributed by atoms with Crippen LogP contribution in [0, 0.1) is 11.3 Å². The predicted octanol–water partition coefficient (Wildman–Crippen LogP) is 3.55. The van der Waals surface area contributed by atoms with E-state index in [0.717, 1.165) is 4.90 Å². The molecule has 1 amide bonds. The van der Waals surface area contributed by atoms with Crippen molar-refractivity contribution in [1.29, 1.82) is 5.26 Å². The van der Waals surface area contributed by atoms with Crippen molar-refractivity contribution in [2.24, 2.45) is 0 Å². The first-order chi connectivity index (χ1) is 14.4. The summed E-state index contributed by atoms with van der Waals surface area (Å²) >= 11 is 12.5. The minimum Gasteiger partial charge on any atom is -0.530 e. The number of halogens is 2. The van der Waals surface area contributed by atoms with E-state index in [1.807, 2.05) is 6.07 Å². The molecule has 1 N–H and O–H groups in total. The lowest BCUT2D eigenvalue weighted by atomic mass is 10.1. The van der Waals surface area contributed by atoms with Crippen LogP contribution >= 0.6 is 23.2 Å². The van der Waals surface area contributed by atoms with Gasteiger partial charge >= 0.3 is 0 Å². The number of nitrogens with one attached hydrogen (secondary N) is 1. The zero-order valence-electron chi connectivity index (χ0n) is 15.8. The third-order valence-electron chi connectivity index (χ3n) is 4.11. The van der Waals surface area contributed by atoms with Crippen LogP contribution in [0.2, 0.25) is 10.0 Å². The third kappa shape index (κ3) is 4.95. The fraction of sp³-hybridized carbons (Fsp3) is 0.150. The zero-order valence-corrected chi connectivity index (χ0v) is 17.3. The molecule has 0 saturated carbocycles. The highest BCUT2D eigenvalue weighted by Crippen LogP contribution is 2.27. The van der Waals surface area contributed by atoms with Gasteiger partial charge in [0.15, 0.2) is 0 Å². The normalized spacial score (nSPS) is 10.3. The summed E-state index contributed by atoms with van der Waals surface area (Å²) in [7, 11) is 0. The van der Waals surface area contributed by atoms with Crippen molar-refractivity contribution in [1.82, 2.24) is 15.0 Å². The highest BCUT2D eigenvalue weighted by atomic mass is 35.5. The van der Waals surface area contributed by atoms with Crippen molar-refractivity contribution in [2.75, 3.05) is 16.8 Å². The van der Waals surface area contributed by atoms with Gasteiger partial charge < -0.3 is 15.2 Å². The maximum atomic E-state index is 11.5. The van der Waals surface area contributed by atoms with Gasteiger partial charge in [0.1, 0.15) is 11.9 Å². The molecule has 0 atom stereocenters. The minimum atomic E-state index is -1.44. The van der Waals surface area contributed by atoms with E-state index < -0.39 is 6.09 Å². The van der Waals surface area contributed by atoms with Gasteiger partial charge in [0.25, 0.3) is 0 Å². The van der Waals surface area contributed by atoms with Crippen LogP contribution in [0.15, 0.2) is 42.5 Å². The second-order valence-electron chi connectivity index (χ2n) is 6.08. The summed E-state index contributed by atoms with van der Waals surface area (Å²) in [6.07, 6.45) is -1.27. The second kappa shape index (κ2) is 9.39. The second-order valence-corrected chi connectivity index (χ2v) is 6.89. The number of hydrogen-bond donors (Lipinski definition) is 1. The average Bonchev–Trinajstić information content (AvgIpc) is 2.71. The number of carboxylic acid groups (broad SMARTS) is 1. The van der Waals surface area contributed by atoms with E-state index in [0.29, 0.717) is 26.9 Å².